The number of para-hydroxylation sites is 1. The number of anilines is 1. The first kappa shape index (κ1) is 17.2. The number of hydrogen-bond acceptors (Lipinski definition) is 2. The average molecular weight is 336 g/mol. The fourth-order valence-corrected chi connectivity index (χ4v) is 3.18. The van der Waals surface area contributed by atoms with Crippen LogP contribution in [0.1, 0.15) is 31.2 Å². The van der Waals surface area contributed by atoms with Crippen molar-refractivity contribution in [3.8, 4) is 0 Å². The molecule has 0 saturated carbocycles. The molecule has 2 aromatic rings. The van der Waals surface area contributed by atoms with E-state index < -0.39 is 0 Å². The van der Waals surface area contributed by atoms with Crippen molar-refractivity contribution < 1.29 is 9.59 Å². The van der Waals surface area contributed by atoms with Crippen molar-refractivity contribution in [1.82, 2.24) is 4.90 Å². The van der Waals surface area contributed by atoms with Crippen LogP contribution in [0.3, 0.4) is 0 Å². The van der Waals surface area contributed by atoms with E-state index in [1.807, 2.05) is 65.6 Å². The summed E-state index contributed by atoms with van der Waals surface area (Å²) < 4.78 is 0. The molecule has 0 atom stereocenters. The molecule has 0 aliphatic carbocycles. The topological polar surface area (TPSA) is 40.6 Å². The molecule has 1 aliphatic rings. The first-order valence-electron chi connectivity index (χ1n) is 8.91. The smallest absolute Gasteiger partial charge is 0.236 e. The molecule has 1 heterocycles. The van der Waals surface area contributed by atoms with Crippen LogP contribution in [0.25, 0.3) is 0 Å². The molecule has 0 bridgehead atoms. The maximum absolute atomic E-state index is 12.9. The summed E-state index contributed by atoms with van der Waals surface area (Å²) in [4.78, 5) is 28.9. The lowest BCUT2D eigenvalue weighted by Gasteiger charge is -2.28. The van der Waals surface area contributed by atoms with Gasteiger partial charge in [-0.3, -0.25) is 9.59 Å². The van der Waals surface area contributed by atoms with Gasteiger partial charge in [0.25, 0.3) is 0 Å². The zero-order chi connectivity index (χ0) is 17.5. The predicted octanol–water partition coefficient (Wildman–Crippen LogP) is 3.62. The number of likely N-dealkylation sites (tertiary alicyclic amines) is 1. The molecule has 1 aliphatic heterocycles. The van der Waals surface area contributed by atoms with Crippen molar-refractivity contribution in [2.24, 2.45) is 0 Å². The van der Waals surface area contributed by atoms with E-state index in [1.54, 1.807) is 4.90 Å². The molecular weight excluding hydrogens is 312 g/mol. The molecule has 0 unspecified atom stereocenters. The van der Waals surface area contributed by atoms with Gasteiger partial charge >= 0.3 is 0 Å². The molecule has 130 valence electrons. The van der Waals surface area contributed by atoms with Crippen LogP contribution in [-0.2, 0) is 16.1 Å². The number of rotatable bonds is 5. The van der Waals surface area contributed by atoms with Gasteiger partial charge in [-0.15, -0.1) is 0 Å². The molecule has 1 saturated heterocycles. The highest BCUT2D eigenvalue weighted by molar-refractivity contribution is 6.04. The van der Waals surface area contributed by atoms with E-state index in [1.165, 1.54) is 6.42 Å². The molecule has 25 heavy (non-hydrogen) atoms. The maximum atomic E-state index is 12.9. The normalized spacial score (nSPS) is 14.2. The van der Waals surface area contributed by atoms with Crippen LogP contribution >= 0.6 is 0 Å². The van der Waals surface area contributed by atoms with Gasteiger partial charge in [0.05, 0.1) is 6.54 Å². The molecule has 2 amide bonds. The number of hydrogen-bond donors (Lipinski definition) is 0. The van der Waals surface area contributed by atoms with Gasteiger partial charge in [-0.1, -0.05) is 48.5 Å². The standard InChI is InChI=1S/C21H24N2O2/c24-20(22-14-8-3-9-15-22)16-21(25)23(19-12-6-2-7-13-19)17-18-10-4-1-5-11-18/h1-2,4-7,10-13H,3,8-9,14-17H2. The zero-order valence-electron chi connectivity index (χ0n) is 14.4. The fourth-order valence-electron chi connectivity index (χ4n) is 3.18. The van der Waals surface area contributed by atoms with Gasteiger partial charge in [0.2, 0.25) is 11.8 Å². The predicted molar refractivity (Wildman–Crippen MR) is 99.1 cm³/mol. The van der Waals surface area contributed by atoms with Crippen LogP contribution in [0.15, 0.2) is 60.7 Å². The molecule has 0 N–H and O–H groups in total. The Morgan fingerprint density at radius 2 is 1.44 bits per heavy atom. The third-order valence-electron chi connectivity index (χ3n) is 4.56. The van der Waals surface area contributed by atoms with E-state index in [4.69, 9.17) is 0 Å². The van der Waals surface area contributed by atoms with Gasteiger partial charge in [0, 0.05) is 18.8 Å². The van der Waals surface area contributed by atoms with Crippen molar-refractivity contribution in [3.05, 3.63) is 66.2 Å². The van der Waals surface area contributed by atoms with Gasteiger partial charge in [-0.05, 0) is 37.0 Å². The minimum absolute atomic E-state index is 0.0568. The van der Waals surface area contributed by atoms with Crippen LogP contribution in [0.2, 0.25) is 0 Å². The van der Waals surface area contributed by atoms with Crippen LogP contribution in [0, 0.1) is 0 Å². The summed E-state index contributed by atoms with van der Waals surface area (Å²) in [7, 11) is 0. The average Bonchev–Trinajstić information content (AvgIpc) is 2.68. The van der Waals surface area contributed by atoms with E-state index >= 15 is 0 Å². The third kappa shape index (κ3) is 4.69. The fraction of sp³-hybridized carbons (Fsp3) is 0.333. The Kier molecular flexibility index (Phi) is 5.83. The quantitative estimate of drug-likeness (QED) is 0.783. The molecular formula is C21H24N2O2. The van der Waals surface area contributed by atoms with Crippen molar-refractivity contribution in [3.63, 3.8) is 0 Å². The first-order valence-corrected chi connectivity index (χ1v) is 8.91. The summed E-state index contributed by atoms with van der Waals surface area (Å²) in [6, 6.07) is 19.4. The number of piperidine rings is 1. The van der Waals surface area contributed by atoms with E-state index in [9.17, 15) is 9.59 Å². The Hall–Kier alpha value is -2.62. The highest BCUT2D eigenvalue weighted by Gasteiger charge is 2.23. The molecule has 4 nitrogen and oxygen atoms in total. The third-order valence-corrected chi connectivity index (χ3v) is 4.56. The largest absolute Gasteiger partial charge is 0.342 e. The summed E-state index contributed by atoms with van der Waals surface area (Å²) in [6.45, 7) is 2.02. The number of amides is 2. The maximum Gasteiger partial charge on any atom is 0.236 e. The van der Waals surface area contributed by atoms with Crippen molar-refractivity contribution in [2.75, 3.05) is 18.0 Å². The summed E-state index contributed by atoms with van der Waals surface area (Å²) >= 11 is 0. The number of carbonyl (C=O) groups is 2. The van der Waals surface area contributed by atoms with Gasteiger partial charge in [-0.2, -0.15) is 0 Å². The second-order valence-electron chi connectivity index (χ2n) is 6.42. The van der Waals surface area contributed by atoms with Gasteiger partial charge in [0.1, 0.15) is 6.42 Å². The van der Waals surface area contributed by atoms with Crippen LogP contribution in [-0.4, -0.2) is 29.8 Å². The summed E-state index contributed by atoms with van der Waals surface area (Å²) in [6.07, 6.45) is 3.17. The van der Waals surface area contributed by atoms with E-state index in [2.05, 4.69) is 0 Å². The number of nitrogens with zero attached hydrogens (tertiary/aromatic N) is 2. The minimum atomic E-state index is -0.148. The lowest BCUT2D eigenvalue weighted by molar-refractivity contribution is -0.136. The lowest BCUT2D eigenvalue weighted by Crippen LogP contribution is -2.40. The number of carbonyl (C=O) groups excluding carboxylic acids is 2. The Balaban J connectivity index is 1.74. The Morgan fingerprint density at radius 3 is 2.08 bits per heavy atom. The van der Waals surface area contributed by atoms with Gasteiger partial charge in [0.15, 0.2) is 0 Å². The van der Waals surface area contributed by atoms with Crippen molar-refractivity contribution in [2.45, 2.75) is 32.2 Å². The zero-order valence-corrected chi connectivity index (χ0v) is 14.4. The first-order chi connectivity index (χ1) is 12.2. The SMILES string of the molecule is O=C(CC(=O)N(Cc1ccccc1)c1ccccc1)N1CCCCC1. The summed E-state index contributed by atoms with van der Waals surface area (Å²) in [5.74, 6) is -0.204. The van der Waals surface area contributed by atoms with Crippen LogP contribution in [0.4, 0.5) is 5.69 Å². The van der Waals surface area contributed by atoms with E-state index in [-0.39, 0.29) is 18.2 Å². The van der Waals surface area contributed by atoms with Gasteiger partial charge in [-0.25, -0.2) is 0 Å². The molecule has 2 aromatic carbocycles. The molecule has 0 radical (unpaired) electrons. The molecule has 1 fully saturated rings. The van der Waals surface area contributed by atoms with Crippen LogP contribution < -0.4 is 4.90 Å². The molecule has 0 aromatic heterocycles. The minimum Gasteiger partial charge on any atom is -0.342 e. The highest BCUT2D eigenvalue weighted by Crippen LogP contribution is 2.19. The van der Waals surface area contributed by atoms with Crippen molar-refractivity contribution in [1.29, 1.82) is 0 Å². The highest BCUT2D eigenvalue weighted by atomic mass is 16.2. The summed E-state index contributed by atoms with van der Waals surface area (Å²) in [5, 5.41) is 0. The van der Waals surface area contributed by atoms with E-state index in [0.717, 1.165) is 37.2 Å². The van der Waals surface area contributed by atoms with Crippen molar-refractivity contribution >= 4 is 17.5 Å². The molecule has 3 rings (SSSR count). The molecule has 0 spiro atoms. The molecule has 4 heteroatoms. The summed E-state index contributed by atoms with van der Waals surface area (Å²) in [5.41, 5.74) is 1.87. The second-order valence-corrected chi connectivity index (χ2v) is 6.42. The van der Waals surface area contributed by atoms with Gasteiger partial charge < -0.3 is 9.80 Å². The Bertz CT molecular complexity index is 694. The lowest BCUT2D eigenvalue weighted by atomic mass is 10.1. The Labute approximate surface area is 149 Å². The second kappa shape index (κ2) is 8.47. The van der Waals surface area contributed by atoms with Crippen LogP contribution in [0.5, 0.6) is 0 Å². The van der Waals surface area contributed by atoms with E-state index in [0.29, 0.717) is 6.54 Å². The Morgan fingerprint density at radius 1 is 0.840 bits per heavy atom. The monoisotopic (exact) mass is 336 g/mol. The number of benzene rings is 2.